The summed E-state index contributed by atoms with van der Waals surface area (Å²) in [5, 5.41) is 3.01. The van der Waals surface area contributed by atoms with Crippen molar-refractivity contribution in [2.75, 3.05) is 5.32 Å². The zero-order valence-corrected chi connectivity index (χ0v) is 10.4. The van der Waals surface area contributed by atoms with E-state index in [1.165, 1.54) is 4.57 Å². The van der Waals surface area contributed by atoms with Crippen LogP contribution in [0.5, 0.6) is 0 Å². The lowest BCUT2D eigenvalue weighted by molar-refractivity contribution is -0.136. The summed E-state index contributed by atoms with van der Waals surface area (Å²) in [7, 11) is 0. The summed E-state index contributed by atoms with van der Waals surface area (Å²) in [4.78, 5) is 4.19. The van der Waals surface area contributed by atoms with Crippen molar-refractivity contribution in [3.8, 4) is 0 Å². The Morgan fingerprint density at radius 1 is 1.21 bits per heavy atom. The fourth-order valence-corrected chi connectivity index (χ4v) is 1.71. The molecule has 2 aromatic rings. The second kappa shape index (κ2) is 5.34. The van der Waals surface area contributed by atoms with Crippen molar-refractivity contribution in [1.82, 2.24) is 9.55 Å². The van der Waals surface area contributed by atoms with Crippen molar-refractivity contribution < 1.29 is 13.2 Å². The van der Waals surface area contributed by atoms with Gasteiger partial charge in [-0.2, -0.15) is 13.2 Å². The number of hydrogen-bond acceptors (Lipinski definition) is 2. The first kappa shape index (κ1) is 13.5. The summed E-state index contributed by atoms with van der Waals surface area (Å²) in [6, 6.07) is 9.22. The largest absolute Gasteiger partial charge is 0.390 e. The quantitative estimate of drug-likeness (QED) is 0.912. The number of aryl methyl sites for hydroxylation is 2. The Bertz CT molecular complexity index is 532. The number of halogens is 3. The predicted octanol–water partition coefficient (Wildman–Crippen LogP) is 3.89. The molecule has 0 aliphatic heterocycles. The lowest BCUT2D eigenvalue weighted by Gasteiger charge is -2.11. The van der Waals surface area contributed by atoms with E-state index in [9.17, 15) is 13.2 Å². The molecule has 0 aliphatic carbocycles. The third kappa shape index (κ3) is 4.01. The molecular formula is C13H14F3N3. The Balaban J connectivity index is 2.12. The summed E-state index contributed by atoms with van der Waals surface area (Å²) in [6.07, 6.45) is -3.43. The van der Waals surface area contributed by atoms with Gasteiger partial charge in [0.25, 0.3) is 0 Å². The summed E-state index contributed by atoms with van der Waals surface area (Å²) in [5.41, 5.74) is 1.47. The minimum absolute atomic E-state index is 0.139. The molecule has 0 saturated carbocycles. The number of nitrogens with one attached hydrogen (secondary N) is 1. The van der Waals surface area contributed by atoms with Gasteiger partial charge in [0.2, 0.25) is 5.95 Å². The van der Waals surface area contributed by atoms with Gasteiger partial charge < -0.3 is 9.88 Å². The Labute approximate surface area is 109 Å². The highest BCUT2D eigenvalue weighted by atomic mass is 19.4. The summed E-state index contributed by atoms with van der Waals surface area (Å²) in [6.45, 7) is 1.61. The van der Waals surface area contributed by atoms with E-state index >= 15 is 0 Å². The van der Waals surface area contributed by atoms with E-state index in [4.69, 9.17) is 0 Å². The minimum atomic E-state index is -4.16. The number of benzene rings is 1. The molecule has 0 radical (unpaired) electrons. The van der Waals surface area contributed by atoms with E-state index < -0.39 is 12.6 Å². The SMILES string of the molecule is Cc1cn(CCC(F)(F)F)c(Nc2ccccc2)n1. The van der Waals surface area contributed by atoms with Crippen LogP contribution in [0.3, 0.4) is 0 Å². The first-order valence-electron chi connectivity index (χ1n) is 5.87. The van der Waals surface area contributed by atoms with E-state index in [2.05, 4.69) is 10.3 Å². The van der Waals surface area contributed by atoms with Gasteiger partial charge >= 0.3 is 6.18 Å². The van der Waals surface area contributed by atoms with E-state index in [1.807, 2.05) is 30.3 Å². The molecule has 0 saturated heterocycles. The number of anilines is 2. The molecule has 1 aromatic heterocycles. The molecule has 1 aromatic carbocycles. The highest BCUT2D eigenvalue weighted by Crippen LogP contribution is 2.23. The van der Waals surface area contributed by atoms with Crippen LogP contribution in [-0.4, -0.2) is 15.7 Å². The molecule has 0 unspecified atom stereocenters. The fourth-order valence-electron chi connectivity index (χ4n) is 1.71. The fraction of sp³-hybridized carbons (Fsp3) is 0.308. The molecule has 6 heteroatoms. The van der Waals surface area contributed by atoms with E-state index in [1.54, 1.807) is 13.1 Å². The number of nitrogens with zero attached hydrogens (tertiary/aromatic N) is 2. The number of imidazole rings is 1. The number of alkyl halides is 3. The molecule has 0 spiro atoms. The molecular weight excluding hydrogens is 255 g/mol. The maximum absolute atomic E-state index is 12.3. The van der Waals surface area contributed by atoms with Crippen LogP contribution >= 0.6 is 0 Å². The first-order chi connectivity index (χ1) is 8.94. The number of para-hydroxylation sites is 1. The van der Waals surface area contributed by atoms with Gasteiger partial charge in [0.05, 0.1) is 12.1 Å². The Hall–Kier alpha value is -1.98. The predicted molar refractivity (Wildman–Crippen MR) is 67.4 cm³/mol. The van der Waals surface area contributed by atoms with E-state index in [-0.39, 0.29) is 6.54 Å². The van der Waals surface area contributed by atoms with E-state index in [0.29, 0.717) is 11.6 Å². The summed E-state index contributed by atoms with van der Waals surface area (Å²) >= 11 is 0. The standard InChI is InChI=1S/C13H14F3N3/c1-10-9-19(8-7-13(14,15)16)12(17-10)18-11-5-3-2-4-6-11/h2-6,9H,7-8H2,1H3,(H,17,18). The molecule has 1 heterocycles. The van der Waals surface area contributed by atoms with Crippen LogP contribution in [0, 0.1) is 6.92 Å². The zero-order chi connectivity index (χ0) is 13.9. The van der Waals surface area contributed by atoms with Crippen LogP contribution in [0.4, 0.5) is 24.8 Å². The Morgan fingerprint density at radius 3 is 2.53 bits per heavy atom. The van der Waals surface area contributed by atoms with Crippen molar-refractivity contribution >= 4 is 11.6 Å². The van der Waals surface area contributed by atoms with Crippen molar-refractivity contribution in [2.45, 2.75) is 26.1 Å². The molecule has 2 rings (SSSR count). The molecule has 0 aliphatic rings. The second-order valence-corrected chi connectivity index (χ2v) is 4.26. The molecule has 0 fully saturated rings. The van der Waals surface area contributed by atoms with Gasteiger partial charge in [-0.3, -0.25) is 0 Å². The third-order valence-corrected chi connectivity index (χ3v) is 2.56. The van der Waals surface area contributed by atoms with Gasteiger partial charge in [0, 0.05) is 18.4 Å². The van der Waals surface area contributed by atoms with Gasteiger partial charge in [-0.15, -0.1) is 0 Å². The van der Waals surface area contributed by atoms with Gasteiger partial charge in [-0.25, -0.2) is 4.98 Å². The van der Waals surface area contributed by atoms with Crippen molar-refractivity contribution in [3.63, 3.8) is 0 Å². The highest BCUT2D eigenvalue weighted by molar-refractivity contribution is 5.53. The highest BCUT2D eigenvalue weighted by Gasteiger charge is 2.27. The van der Waals surface area contributed by atoms with Gasteiger partial charge in [-0.1, -0.05) is 18.2 Å². The Morgan fingerprint density at radius 2 is 1.89 bits per heavy atom. The minimum Gasteiger partial charge on any atom is -0.326 e. The van der Waals surface area contributed by atoms with Crippen LogP contribution in [0.15, 0.2) is 36.5 Å². The average Bonchev–Trinajstić information content (AvgIpc) is 2.67. The van der Waals surface area contributed by atoms with Gasteiger partial charge in [0.1, 0.15) is 0 Å². The van der Waals surface area contributed by atoms with Gasteiger partial charge in [-0.05, 0) is 19.1 Å². The zero-order valence-electron chi connectivity index (χ0n) is 10.4. The summed E-state index contributed by atoms with van der Waals surface area (Å²) < 4.78 is 38.2. The third-order valence-electron chi connectivity index (χ3n) is 2.56. The average molecular weight is 269 g/mol. The van der Waals surface area contributed by atoms with Gasteiger partial charge in [0.15, 0.2) is 0 Å². The van der Waals surface area contributed by atoms with Crippen LogP contribution in [-0.2, 0) is 6.54 Å². The second-order valence-electron chi connectivity index (χ2n) is 4.26. The molecule has 19 heavy (non-hydrogen) atoms. The molecule has 1 N–H and O–H groups in total. The molecule has 0 amide bonds. The monoisotopic (exact) mass is 269 g/mol. The number of hydrogen-bond donors (Lipinski definition) is 1. The van der Waals surface area contributed by atoms with Crippen molar-refractivity contribution in [3.05, 3.63) is 42.2 Å². The molecule has 102 valence electrons. The number of aromatic nitrogens is 2. The summed E-state index contributed by atoms with van der Waals surface area (Å²) in [5.74, 6) is 0.424. The van der Waals surface area contributed by atoms with Crippen molar-refractivity contribution in [1.29, 1.82) is 0 Å². The molecule has 0 bridgehead atoms. The molecule has 0 atom stereocenters. The van der Waals surface area contributed by atoms with Crippen LogP contribution in [0.2, 0.25) is 0 Å². The van der Waals surface area contributed by atoms with Crippen LogP contribution in [0.25, 0.3) is 0 Å². The van der Waals surface area contributed by atoms with Crippen LogP contribution < -0.4 is 5.32 Å². The first-order valence-corrected chi connectivity index (χ1v) is 5.87. The maximum Gasteiger partial charge on any atom is 0.390 e. The number of rotatable bonds is 4. The Kier molecular flexibility index (Phi) is 3.78. The maximum atomic E-state index is 12.3. The smallest absolute Gasteiger partial charge is 0.326 e. The lowest BCUT2D eigenvalue weighted by Crippen LogP contribution is -2.13. The topological polar surface area (TPSA) is 29.9 Å². The van der Waals surface area contributed by atoms with E-state index in [0.717, 1.165) is 5.69 Å². The molecule has 3 nitrogen and oxygen atoms in total. The van der Waals surface area contributed by atoms with Crippen molar-refractivity contribution in [2.24, 2.45) is 0 Å². The lowest BCUT2D eigenvalue weighted by atomic mass is 10.3. The normalized spacial score (nSPS) is 11.6. The van der Waals surface area contributed by atoms with Crippen LogP contribution in [0.1, 0.15) is 12.1 Å².